The lowest BCUT2D eigenvalue weighted by atomic mass is 9.88. The highest BCUT2D eigenvalue weighted by Crippen LogP contribution is 2.37. The minimum atomic E-state index is 0.278. The highest BCUT2D eigenvalue weighted by molar-refractivity contribution is 5.92. The van der Waals surface area contributed by atoms with Crippen LogP contribution in [-0.2, 0) is 4.74 Å². The van der Waals surface area contributed by atoms with E-state index in [1.165, 1.54) is 5.56 Å². The number of nitrogens with two attached hydrogens (primary N) is 1. The number of nitrogens with one attached hydrogen (secondary N) is 2. The molecule has 0 spiro atoms. The Morgan fingerprint density at radius 1 is 1.29 bits per heavy atom. The number of fused-ring (bicyclic) bond motifs is 1. The first-order valence-electron chi connectivity index (χ1n) is 9.96. The van der Waals surface area contributed by atoms with Gasteiger partial charge in [0.15, 0.2) is 17.3 Å². The molecule has 5 rings (SSSR count). The van der Waals surface area contributed by atoms with Crippen molar-refractivity contribution < 1.29 is 4.74 Å². The molecule has 148 valence electrons. The molecule has 0 aliphatic carbocycles. The zero-order chi connectivity index (χ0) is 19.1. The van der Waals surface area contributed by atoms with Crippen LogP contribution in [0.25, 0.3) is 16.9 Å². The summed E-state index contributed by atoms with van der Waals surface area (Å²) in [4.78, 5) is 7.34. The molecule has 9 heteroatoms. The van der Waals surface area contributed by atoms with Crippen LogP contribution in [0, 0.1) is 0 Å². The molecule has 0 amide bonds. The normalized spacial score (nSPS) is 21.5. The minimum Gasteiger partial charge on any atom is -0.382 e. The number of nitrogen functional groups attached to an aromatic ring is 1. The van der Waals surface area contributed by atoms with Crippen LogP contribution in [0.4, 0.5) is 11.6 Å². The maximum atomic E-state index is 6.39. The van der Waals surface area contributed by atoms with Gasteiger partial charge in [-0.25, -0.2) is 4.98 Å². The Kier molecular flexibility index (Phi) is 4.40. The number of rotatable bonds is 3. The summed E-state index contributed by atoms with van der Waals surface area (Å²) in [6.45, 7) is 6.48. The fraction of sp³-hybridized carbons (Fsp3) is 0.526. The quantitative estimate of drug-likeness (QED) is 0.628. The lowest BCUT2D eigenvalue weighted by Gasteiger charge is -2.35. The monoisotopic (exact) mass is 382 g/mol. The van der Waals surface area contributed by atoms with Gasteiger partial charge in [0.05, 0.1) is 30.8 Å². The molecule has 2 fully saturated rings. The third-order valence-electron chi connectivity index (χ3n) is 5.84. The molecule has 0 saturated carbocycles. The molecule has 0 bridgehead atoms. The van der Waals surface area contributed by atoms with Gasteiger partial charge in [0.1, 0.15) is 5.82 Å². The second kappa shape index (κ2) is 7.06. The summed E-state index contributed by atoms with van der Waals surface area (Å²) >= 11 is 0. The molecular weight excluding hydrogens is 356 g/mol. The highest BCUT2D eigenvalue weighted by Gasteiger charge is 2.27. The minimum absolute atomic E-state index is 0.278. The van der Waals surface area contributed by atoms with Crippen molar-refractivity contribution in [3.05, 3.63) is 23.9 Å². The zero-order valence-electron chi connectivity index (χ0n) is 16.1. The number of hydrogen-bond acceptors (Lipinski definition) is 7. The Hall–Kier alpha value is -2.65. The van der Waals surface area contributed by atoms with Crippen molar-refractivity contribution in [2.75, 3.05) is 43.5 Å². The van der Waals surface area contributed by atoms with Crippen LogP contribution >= 0.6 is 0 Å². The van der Waals surface area contributed by atoms with Crippen molar-refractivity contribution in [2.45, 2.75) is 31.7 Å². The summed E-state index contributed by atoms with van der Waals surface area (Å²) in [5.41, 5.74) is 8.43. The van der Waals surface area contributed by atoms with E-state index in [0.717, 1.165) is 55.1 Å². The number of piperidine rings is 1. The van der Waals surface area contributed by atoms with Crippen LogP contribution < -0.4 is 16.0 Å². The molecule has 0 radical (unpaired) electrons. The number of hydrogen-bond donors (Lipinski definition) is 3. The maximum Gasteiger partial charge on any atom is 0.169 e. The Morgan fingerprint density at radius 2 is 2.14 bits per heavy atom. The largest absolute Gasteiger partial charge is 0.382 e. The third-order valence-corrected chi connectivity index (χ3v) is 5.84. The molecular formula is C19H26N8O. The first-order chi connectivity index (χ1) is 13.7. The van der Waals surface area contributed by atoms with Crippen LogP contribution in [0.1, 0.15) is 31.2 Å². The van der Waals surface area contributed by atoms with E-state index in [1.54, 1.807) is 10.9 Å². The molecule has 3 aromatic rings. The van der Waals surface area contributed by atoms with Gasteiger partial charge in [-0.3, -0.25) is 5.10 Å². The van der Waals surface area contributed by atoms with E-state index in [2.05, 4.69) is 38.5 Å². The molecule has 2 aliphatic heterocycles. The number of nitrogens with zero attached hydrogens (tertiary/aromatic N) is 5. The topological polar surface area (TPSA) is 110 Å². The van der Waals surface area contributed by atoms with E-state index < -0.39 is 0 Å². The van der Waals surface area contributed by atoms with Crippen LogP contribution in [0.2, 0.25) is 0 Å². The second-order valence-electron chi connectivity index (χ2n) is 7.65. The average molecular weight is 382 g/mol. The Balaban J connectivity index is 1.71. The van der Waals surface area contributed by atoms with Gasteiger partial charge in [-0.2, -0.15) is 9.78 Å². The van der Waals surface area contributed by atoms with Crippen LogP contribution in [0.15, 0.2) is 18.3 Å². The fourth-order valence-corrected chi connectivity index (χ4v) is 4.36. The predicted molar refractivity (Wildman–Crippen MR) is 108 cm³/mol. The van der Waals surface area contributed by atoms with Crippen molar-refractivity contribution >= 4 is 22.7 Å². The smallest absolute Gasteiger partial charge is 0.169 e. The fourth-order valence-electron chi connectivity index (χ4n) is 4.36. The maximum absolute atomic E-state index is 6.39. The summed E-state index contributed by atoms with van der Waals surface area (Å²) in [6.07, 6.45) is 3.89. The number of anilines is 2. The number of ether oxygens (including phenoxy) is 1. The van der Waals surface area contributed by atoms with Crippen LogP contribution in [0.5, 0.6) is 0 Å². The van der Waals surface area contributed by atoms with Gasteiger partial charge in [-0.1, -0.05) is 0 Å². The summed E-state index contributed by atoms with van der Waals surface area (Å²) in [5, 5.41) is 16.0. The van der Waals surface area contributed by atoms with Gasteiger partial charge in [-0.15, -0.1) is 5.10 Å². The van der Waals surface area contributed by atoms with Crippen molar-refractivity contribution in [1.29, 1.82) is 0 Å². The van der Waals surface area contributed by atoms with Crippen molar-refractivity contribution in [2.24, 2.45) is 0 Å². The highest BCUT2D eigenvalue weighted by atomic mass is 16.5. The van der Waals surface area contributed by atoms with Crippen molar-refractivity contribution in [3.63, 3.8) is 0 Å². The predicted octanol–water partition coefficient (Wildman–Crippen LogP) is 1.42. The number of pyridine rings is 1. The van der Waals surface area contributed by atoms with Crippen molar-refractivity contribution in [1.82, 2.24) is 30.3 Å². The molecule has 1 atom stereocenters. The summed E-state index contributed by atoms with van der Waals surface area (Å²) in [7, 11) is 0. The van der Waals surface area contributed by atoms with Gasteiger partial charge in [0.25, 0.3) is 0 Å². The van der Waals surface area contributed by atoms with Crippen LogP contribution in [-0.4, -0.2) is 63.9 Å². The molecule has 5 heterocycles. The van der Waals surface area contributed by atoms with Gasteiger partial charge in [0.2, 0.25) is 0 Å². The molecule has 2 saturated heterocycles. The summed E-state index contributed by atoms with van der Waals surface area (Å²) in [5.74, 6) is 2.70. The van der Waals surface area contributed by atoms with E-state index in [0.29, 0.717) is 24.9 Å². The van der Waals surface area contributed by atoms with E-state index in [-0.39, 0.29) is 6.04 Å². The molecule has 4 N–H and O–H groups in total. The first kappa shape index (κ1) is 17.4. The van der Waals surface area contributed by atoms with Gasteiger partial charge in [-0.05, 0) is 50.4 Å². The van der Waals surface area contributed by atoms with E-state index in [1.807, 2.05) is 6.07 Å². The van der Waals surface area contributed by atoms with E-state index >= 15 is 0 Å². The zero-order valence-corrected chi connectivity index (χ0v) is 16.1. The lowest BCUT2D eigenvalue weighted by molar-refractivity contribution is 0.0985. The van der Waals surface area contributed by atoms with Crippen LogP contribution in [0.3, 0.4) is 0 Å². The number of H-pyrrole nitrogens is 1. The second-order valence-corrected chi connectivity index (χ2v) is 7.65. The summed E-state index contributed by atoms with van der Waals surface area (Å²) < 4.78 is 7.40. The Labute approximate surface area is 163 Å². The SMILES string of the molecule is C[C@@H]1COCCN1c1cc(C2CCNCC2)c2c(N)nn(-c3ccn[nH]3)c2n1. The van der Waals surface area contributed by atoms with Gasteiger partial charge < -0.3 is 20.7 Å². The van der Waals surface area contributed by atoms with Crippen molar-refractivity contribution in [3.8, 4) is 5.82 Å². The lowest BCUT2D eigenvalue weighted by Crippen LogP contribution is -2.44. The summed E-state index contributed by atoms with van der Waals surface area (Å²) in [6, 6.07) is 4.39. The van der Waals surface area contributed by atoms with E-state index in [9.17, 15) is 0 Å². The molecule has 2 aliphatic rings. The molecule has 3 aromatic heterocycles. The molecule has 0 unspecified atom stereocenters. The molecule has 0 aromatic carbocycles. The van der Waals surface area contributed by atoms with Gasteiger partial charge in [0, 0.05) is 12.6 Å². The molecule has 9 nitrogen and oxygen atoms in total. The Morgan fingerprint density at radius 3 is 2.89 bits per heavy atom. The molecule has 28 heavy (non-hydrogen) atoms. The average Bonchev–Trinajstić information content (AvgIpc) is 3.37. The standard InChI is InChI=1S/C19H26N8O/c1-12-11-28-9-8-26(12)16-10-14(13-2-5-21-6-3-13)17-18(20)25-27(19(17)23-16)15-4-7-22-24-15/h4,7,10,12-13,21H,2-3,5-6,8-9,11H2,1H3,(H2,20,25)(H,22,24)/t12-/m1/s1. The third kappa shape index (κ3) is 2.91. The van der Waals surface area contributed by atoms with E-state index in [4.69, 9.17) is 15.5 Å². The first-order valence-corrected chi connectivity index (χ1v) is 9.96. The number of morpholine rings is 1. The van der Waals surface area contributed by atoms with Gasteiger partial charge >= 0.3 is 0 Å². The number of aromatic amines is 1. The Bertz CT molecular complexity index is 960. The number of aromatic nitrogens is 5.